The maximum absolute atomic E-state index is 8.59. The quantitative estimate of drug-likeness (QED) is 0.428. The molecule has 0 aliphatic rings. The second-order valence-electron chi connectivity index (χ2n) is 0.408. The molecule has 0 unspecified atom stereocenters. The van der Waals surface area contributed by atoms with E-state index >= 15 is 0 Å². The topological polar surface area (TPSA) is 80.3 Å². The molecule has 4 nitrogen and oxygen atoms in total. The SMILES string of the molecule is [B].[Ba+2].[O]=[Cr](=[O])([O-])[O-]. The van der Waals surface area contributed by atoms with Crippen molar-refractivity contribution in [2.45, 2.75) is 0 Å². The second-order valence-corrected chi connectivity index (χ2v) is 1.68. The van der Waals surface area contributed by atoms with Gasteiger partial charge in [-0.25, -0.2) is 0 Å². The fourth-order valence-corrected chi connectivity index (χ4v) is 0. The molecule has 35 valence electrons. The van der Waals surface area contributed by atoms with E-state index in [1.165, 1.54) is 0 Å². The van der Waals surface area contributed by atoms with Crippen LogP contribution in [0.3, 0.4) is 0 Å². The first-order chi connectivity index (χ1) is 2.00. The molecule has 0 aromatic rings. The van der Waals surface area contributed by atoms with Crippen LogP contribution >= 0.6 is 0 Å². The van der Waals surface area contributed by atoms with Crippen molar-refractivity contribution in [2.75, 3.05) is 0 Å². The minimum atomic E-state index is -5.75. The maximum atomic E-state index is 8.59. The van der Waals surface area contributed by atoms with E-state index < -0.39 is 13.6 Å². The molecule has 7 heavy (non-hydrogen) atoms. The van der Waals surface area contributed by atoms with Crippen LogP contribution in [0.2, 0.25) is 0 Å². The Bertz CT molecular complexity index is 94.9. The molecule has 0 saturated carbocycles. The molecular weight excluding hydrogens is 264 g/mol. The van der Waals surface area contributed by atoms with Crippen LogP contribution in [-0.2, 0) is 21.2 Å². The Hall–Kier alpha value is 1.69. The summed E-state index contributed by atoms with van der Waals surface area (Å²) in [6, 6.07) is 0. The molecule has 0 fully saturated rings. The second kappa shape index (κ2) is 5.82. The zero-order chi connectivity index (χ0) is 4.50. The zero-order valence-corrected chi connectivity index (χ0v) is 9.04. The van der Waals surface area contributed by atoms with Crippen molar-refractivity contribution in [3.63, 3.8) is 0 Å². The van der Waals surface area contributed by atoms with Gasteiger partial charge in [-0.05, 0) is 0 Å². The molecule has 0 N–H and O–H groups in total. The van der Waals surface area contributed by atoms with Gasteiger partial charge in [0.1, 0.15) is 0 Å². The fraction of sp³-hybridized carbons (Fsp3) is 0. The average molecular weight is 264 g/mol. The Labute approximate surface area is 85.3 Å². The molecule has 0 aromatic carbocycles. The standard InChI is InChI=1S/B.Ba.Cr.4O/q;+2;;;;2*-1. The van der Waals surface area contributed by atoms with Gasteiger partial charge in [0.2, 0.25) is 0 Å². The molecule has 0 bridgehead atoms. The van der Waals surface area contributed by atoms with E-state index in [2.05, 4.69) is 0 Å². The first-order valence-corrected chi connectivity index (χ1v) is 2.75. The van der Waals surface area contributed by atoms with Crippen LogP contribution in [0.5, 0.6) is 0 Å². The number of hydrogen-bond acceptors (Lipinski definition) is 4. The monoisotopic (exact) mass is 265 g/mol. The number of hydrogen-bond donors (Lipinski definition) is 0. The van der Waals surface area contributed by atoms with Crippen molar-refractivity contribution in [3.05, 3.63) is 0 Å². The van der Waals surface area contributed by atoms with Crippen LogP contribution in [-0.4, -0.2) is 57.3 Å². The van der Waals surface area contributed by atoms with E-state index in [4.69, 9.17) is 15.9 Å². The molecule has 0 aliphatic carbocycles. The van der Waals surface area contributed by atoms with Gasteiger partial charge in [-0.1, -0.05) is 0 Å². The summed E-state index contributed by atoms with van der Waals surface area (Å²) in [6.07, 6.45) is 0. The van der Waals surface area contributed by atoms with Gasteiger partial charge in [0.15, 0.2) is 0 Å². The molecule has 0 heterocycles. The Morgan fingerprint density at radius 2 is 1.14 bits per heavy atom. The summed E-state index contributed by atoms with van der Waals surface area (Å²) in [7, 11) is 0. The summed E-state index contributed by atoms with van der Waals surface area (Å²) in [6.45, 7) is 0. The van der Waals surface area contributed by atoms with Gasteiger partial charge < -0.3 is 0 Å². The van der Waals surface area contributed by atoms with Crippen molar-refractivity contribution in [3.8, 4) is 0 Å². The van der Waals surface area contributed by atoms with Crippen LogP contribution in [0.25, 0.3) is 0 Å². The average Bonchev–Trinajstić information content (AvgIpc) is 0.722. The minimum absolute atomic E-state index is 0. The van der Waals surface area contributed by atoms with Crippen LogP contribution in [0, 0.1) is 0 Å². The zero-order valence-electron chi connectivity index (χ0n) is 3.33. The molecule has 0 saturated heterocycles. The summed E-state index contributed by atoms with van der Waals surface area (Å²) in [4.78, 5) is 0. The molecule has 0 spiro atoms. The predicted molar refractivity (Wildman–Crippen MR) is 12.9 cm³/mol. The van der Waals surface area contributed by atoms with E-state index in [0.717, 1.165) is 0 Å². The molecule has 0 aromatic heterocycles. The van der Waals surface area contributed by atoms with Crippen LogP contribution in [0.15, 0.2) is 0 Å². The van der Waals surface area contributed by atoms with E-state index in [1.54, 1.807) is 0 Å². The summed E-state index contributed by atoms with van der Waals surface area (Å²) < 4.78 is 34.4. The van der Waals surface area contributed by atoms with Crippen LogP contribution in [0.4, 0.5) is 0 Å². The van der Waals surface area contributed by atoms with Crippen molar-refractivity contribution in [1.29, 1.82) is 0 Å². The molecule has 0 aliphatic heterocycles. The Morgan fingerprint density at radius 3 is 1.14 bits per heavy atom. The Morgan fingerprint density at radius 1 is 1.14 bits per heavy atom. The number of rotatable bonds is 0. The first-order valence-electron chi connectivity index (χ1n) is 0.667. The van der Waals surface area contributed by atoms with Gasteiger partial charge in [0.05, 0.1) is 0 Å². The normalized spacial score (nSPS) is 8.29. The van der Waals surface area contributed by atoms with Gasteiger partial charge >= 0.3 is 78.4 Å². The van der Waals surface area contributed by atoms with Crippen LogP contribution < -0.4 is 8.32 Å². The fourth-order valence-electron chi connectivity index (χ4n) is 0. The first kappa shape index (κ1) is 15.9. The van der Waals surface area contributed by atoms with Crippen molar-refractivity contribution in [2.24, 2.45) is 0 Å². The summed E-state index contributed by atoms with van der Waals surface area (Å²) in [5, 5.41) is 0. The van der Waals surface area contributed by atoms with Crippen LogP contribution in [0.1, 0.15) is 0 Å². The van der Waals surface area contributed by atoms with E-state index in [0.29, 0.717) is 0 Å². The van der Waals surface area contributed by atoms with Gasteiger partial charge in [0.25, 0.3) is 0 Å². The van der Waals surface area contributed by atoms with Gasteiger partial charge in [-0.15, -0.1) is 0 Å². The molecule has 7 heteroatoms. The molecule has 0 atom stereocenters. The van der Waals surface area contributed by atoms with Gasteiger partial charge in [-0.2, -0.15) is 0 Å². The Balaban J connectivity index is -0.0000000800. The molecular formula is BBaCrO4. The van der Waals surface area contributed by atoms with Gasteiger partial charge in [0, 0.05) is 8.41 Å². The van der Waals surface area contributed by atoms with Crippen molar-refractivity contribution in [1.82, 2.24) is 0 Å². The summed E-state index contributed by atoms with van der Waals surface area (Å²) >= 11 is -5.75. The van der Waals surface area contributed by atoms with Crippen molar-refractivity contribution < 1.29 is 29.5 Å². The Kier molecular flexibility index (Phi) is 13.2. The summed E-state index contributed by atoms with van der Waals surface area (Å²) in [5.41, 5.74) is 0. The third kappa shape index (κ3) is 87.2. The van der Waals surface area contributed by atoms with Gasteiger partial charge in [-0.3, -0.25) is 0 Å². The van der Waals surface area contributed by atoms with E-state index in [1.807, 2.05) is 0 Å². The van der Waals surface area contributed by atoms with E-state index in [-0.39, 0.29) is 57.3 Å². The molecule has 0 rings (SSSR count). The van der Waals surface area contributed by atoms with Crippen molar-refractivity contribution >= 4 is 57.3 Å². The molecule has 0 amide bonds. The molecule has 3 radical (unpaired) electrons. The predicted octanol–water partition coefficient (Wildman–Crippen LogP) is -3.38. The third-order valence-electron chi connectivity index (χ3n) is 0. The van der Waals surface area contributed by atoms with E-state index in [9.17, 15) is 0 Å². The third-order valence-corrected chi connectivity index (χ3v) is 0. The summed E-state index contributed by atoms with van der Waals surface area (Å²) in [5.74, 6) is 0.